The number of carbonyl (C=O) groups is 1. The Morgan fingerprint density at radius 1 is 1.23 bits per heavy atom. The lowest BCUT2D eigenvalue weighted by Gasteiger charge is -2.37. The number of benzene rings is 1. The minimum absolute atomic E-state index is 0.156. The maximum Gasteiger partial charge on any atom is 0.230 e. The van der Waals surface area contributed by atoms with E-state index >= 15 is 0 Å². The van der Waals surface area contributed by atoms with Crippen LogP contribution in [0.3, 0.4) is 0 Å². The molecule has 4 heteroatoms. The van der Waals surface area contributed by atoms with E-state index in [0.717, 1.165) is 29.4 Å². The van der Waals surface area contributed by atoms with Crippen LogP contribution in [0.4, 0.5) is 0 Å². The number of rotatable bonds is 5. The van der Waals surface area contributed by atoms with E-state index in [9.17, 15) is 4.79 Å². The summed E-state index contributed by atoms with van der Waals surface area (Å²) >= 11 is 3.51. The molecular formula is C18H25BrN2O. The summed E-state index contributed by atoms with van der Waals surface area (Å²) in [7, 11) is 4.28. The monoisotopic (exact) mass is 364 g/mol. The molecule has 0 heterocycles. The van der Waals surface area contributed by atoms with Gasteiger partial charge in [-0.25, -0.2) is 0 Å². The first-order valence-corrected chi connectivity index (χ1v) is 9.00. The van der Waals surface area contributed by atoms with Crippen molar-refractivity contribution < 1.29 is 4.79 Å². The molecule has 3 nitrogen and oxygen atoms in total. The molecule has 22 heavy (non-hydrogen) atoms. The highest BCUT2D eigenvalue weighted by Gasteiger charge is 2.51. The van der Waals surface area contributed by atoms with Crippen LogP contribution in [0.15, 0.2) is 28.7 Å². The molecule has 0 bridgehead atoms. The summed E-state index contributed by atoms with van der Waals surface area (Å²) in [6.45, 7) is 0.772. The van der Waals surface area contributed by atoms with Crippen LogP contribution in [0.25, 0.3) is 0 Å². The molecule has 0 radical (unpaired) electrons. The highest BCUT2D eigenvalue weighted by Crippen LogP contribution is 2.49. The van der Waals surface area contributed by atoms with Crippen molar-refractivity contribution in [1.82, 2.24) is 10.2 Å². The Morgan fingerprint density at radius 2 is 1.91 bits per heavy atom. The van der Waals surface area contributed by atoms with Crippen LogP contribution in [-0.4, -0.2) is 37.0 Å². The van der Waals surface area contributed by atoms with Gasteiger partial charge < -0.3 is 10.2 Å². The third-order valence-electron chi connectivity index (χ3n) is 5.62. The van der Waals surface area contributed by atoms with Crippen molar-refractivity contribution in [2.24, 2.45) is 0 Å². The van der Waals surface area contributed by atoms with Crippen molar-refractivity contribution in [1.29, 1.82) is 0 Å². The zero-order valence-corrected chi connectivity index (χ0v) is 15.1. The summed E-state index contributed by atoms with van der Waals surface area (Å²) in [5.41, 5.74) is 1.02. The molecule has 1 N–H and O–H groups in total. The first-order valence-electron chi connectivity index (χ1n) is 8.20. The van der Waals surface area contributed by atoms with Gasteiger partial charge >= 0.3 is 0 Å². The van der Waals surface area contributed by atoms with Crippen LogP contribution in [0.5, 0.6) is 0 Å². The van der Waals surface area contributed by atoms with E-state index in [-0.39, 0.29) is 16.9 Å². The Bertz CT molecular complexity index is 560. The van der Waals surface area contributed by atoms with Gasteiger partial charge in [0, 0.05) is 16.6 Å². The molecule has 3 rings (SSSR count). The molecule has 1 amide bonds. The van der Waals surface area contributed by atoms with Crippen molar-refractivity contribution in [2.75, 3.05) is 20.6 Å². The highest BCUT2D eigenvalue weighted by atomic mass is 79.9. The second kappa shape index (κ2) is 5.97. The zero-order chi connectivity index (χ0) is 15.8. The fourth-order valence-electron chi connectivity index (χ4n) is 3.79. The molecule has 0 aliphatic heterocycles. The zero-order valence-electron chi connectivity index (χ0n) is 13.5. The van der Waals surface area contributed by atoms with Crippen LogP contribution >= 0.6 is 15.9 Å². The lowest BCUT2D eigenvalue weighted by molar-refractivity contribution is -0.124. The van der Waals surface area contributed by atoms with Gasteiger partial charge in [-0.1, -0.05) is 40.9 Å². The maximum atomic E-state index is 12.8. The predicted octanol–water partition coefficient (Wildman–Crippen LogP) is 3.47. The number of likely N-dealkylation sites (N-methyl/N-ethyl adjacent to an activating group) is 1. The molecule has 1 aromatic carbocycles. The molecule has 0 saturated heterocycles. The van der Waals surface area contributed by atoms with E-state index < -0.39 is 0 Å². The number of amides is 1. The van der Waals surface area contributed by atoms with E-state index in [2.05, 4.69) is 52.4 Å². The summed E-state index contributed by atoms with van der Waals surface area (Å²) in [6.07, 6.45) is 6.83. The largest absolute Gasteiger partial charge is 0.353 e. The Hall–Kier alpha value is -0.870. The molecule has 120 valence electrons. The first kappa shape index (κ1) is 16.0. The smallest absolute Gasteiger partial charge is 0.230 e. The summed E-state index contributed by atoms with van der Waals surface area (Å²) in [5.74, 6) is 0.207. The van der Waals surface area contributed by atoms with Crippen molar-refractivity contribution >= 4 is 21.8 Å². The van der Waals surface area contributed by atoms with E-state index in [1.807, 2.05) is 12.1 Å². The average Bonchev–Trinajstić information content (AvgIpc) is 3.17. The molecule has 0 atom stereocenters. The van der Waals surface area contributed by atoms with Crippen molar-refractivity contribution in [3.63, 3.8) is 0 Å². The van der Waals surface area contributed by atoms with Gasteiger partial charge in [0.2, 0.25) is 5.91 Å². The fraction of sp³-hybridized carbons (Fsp3) is 0.611. The Morgan fingerprint density at radius 3 is 2.45 bits per heavy atom. The average molecular weight is 365 g/mol. The number of nitrogens with one attached hydrogen (secondary N) is 1. The van der Waals surface area contributed by atoms with Gasteiger partial charge in [-0.05, 0) is 57.5 Å². The van der Waals surface area contributed by atoms with Crippen LogP contribution in [0.2, 0.25) is 0 Å². The molecule has 0 unspecified atom stereocenters. The topological polar surface area (TPSA) is 32.3 Å². The maximum absolute atomic E-state index is 12.8. The quantitative estimate of drug-likeness (QED) is 0.867. The molecule has 2 saturated carbocycles. The van der Waals surface area contributed by atoms with Crippen molar-refractivity contribution in [2.45, 2.75) is 49.5 Å². The third-order valence-corrected chi connectivity index (χ3v) is 6.12. The van der Waals surface area contributed by atoms with Gasteiger partial charge in [0.1, 0.15) is 0 Å². The number of nitrogens with zero attached hydrogens (tertiary/aromatic N) is 1. The summed E-state index contributed by atoms with van der Waals surface area (Å²) in [4.78, 5) is 15.1. The normalized spacial score (nSPS) is 21.8. The second-order valence-corrected chi connectivity index (χ2v) is 8.02. The fourth-order valence-corrected chi connectivity index (χ4v) is 4.19. The Kier molecular flexibility index (Phi) is 4.34. The van der Waals surface area contributed by atoms with Crippen LogP contribution in [0.1, 0.15) is 44.1 Å². The van der Waals surface area contributed by atoms with Gasteiger partial charge in [0.05, 0.1) is 5.41 Å². The predicted molar refractivity (Wildman–Crippen MR) is 92.9 cm³/mol. The van der Waals surface area contributed by atoms with Gasteiger partial charge in [0.25, 0.3) is 0 Å². The lowest BCUT2D eigenvalue weighted by atomic mass is 9.92. The van der Waals surface area contributed by atoms with E-state index in [1.165, 1.54) is 25.7 Å². The van der Waals surface area contributed by atoms with Crippen LogP contribution < -0.4 is 5.32 Å². The van der Waals surface area contributed by atoms with E-state index in [4.69, 9.17) is 0 Å². The molecule has 2 fully saturated rings. The summed E-state index contributed by atoms with van der Waals surface area (Å²) < 4.78 is 1.05. The van der Waals surface area contributed by atoms with Crippen molar-refractivity contribution in [3.8, 4) is 0 Å². The molecule has 1 aromatic rings. The molecule has 0 aromatic heterocycles. The van der Waals surface area contributed by atoms with Gasteiger partial charge in [-0.15, -0.1) is 0 Å². The number of carbonyl (C=O) groups excluding carboxylic acids is 1. The highest BCUT2D eigenvalue weighted by molar-refractivity contribution is 9.10. The number of hydrogen-bond donors (Lipinski definition) is 1. The second-order valence-electron chi connectivity index (χ2n) is 7.10. The number of halogens is 1. The third kappa shape index (κ3) is 2.83. The van der Waals surface area contributed by atoms with E-state index in [1.54, 1.807) is 0 Å². The first-order chi connectivity index (χ1) is 10.5. The van der Waals surface area contributed by atoms with Crippen LogP contribution in [0, 0.1) is 0 Å². The van der Waals surface area contributed by atoms with Gasteiger partial charge in [0.15, 0.2) is 0 Å². The minimum Gasteiger partial charge on any atom is -0.353 e. The van der Waals surface area contributed by atoms with E-state index in [0.29, 0.717) is 0 Å². The minimum atomic E-state index is -0.282. The molecular weight excluding hydrogens is 340 g/mol. The molecule has 2 aliphatic carbocycles. The summed E-state index contributed by atoms with van der Waals surface area (Å²) in [5, 5.41) is 3.27. The Balaban J connectivity index is 1.70. The van der Waals surface area contributed by atoms with Crippen molar-refractivity contribution in [3.05, 3.63) is 34.3 Å². The molecule has 2 aliphatic rings. The lowest BCUT2D eigenvalue weighted by Crippen LogP contribution is -2.52. The van der Waals surface area contributed by atoms with Gasteiger partial charge in [-0.3, -0.25) is 4.79 Å². The van der Waals surface area contributed by atoms with Gasteiger partial charge in [-0.2, -0.15) is 0 Å². The summed E-state index contributed by atoms with van der Waals surface area (Å²) in [6, 6.07) is 8.20. The molecule has 0 spiro atoms. The number of hydrogen-bond acceptors (Lipinski definition) is 2. The standard InChI is InChI=1S/C18H25BrN2O/c1-21(2)17(8-3-4-9-17)13-20-16(22)18(10-11-18)14-6-5-7-15(19)12-14/h5-7,12H,3-4,8-11,13H2,1-2H3,(H,20,22). The SMILES string of the molecule is CN(C)C1(CNC(=O)C2(c3cccc(Br)c3)CC2)CCCC1. The Labute approximate surface area is 141 Å². The van der Waals surface area contributed by atoms with Crippen LogP contribution in [-0.2, 0) is 10.2 Å².